The molecule has 3 aromatic carbocycles. The maximum atomic E-state index is 12.5. The Hall–Kier alpha value is -3.82. The number of amides is 1. The minimum absolute atomic E-state index is 0.0698. The molecule has 0 saturated heterocycles. The van der Waals surface area contributed by atoms with Gasteiger partial charge in [0.25, 0.3) is 10.1 Å². The standard InChI is InChI=1S/C27H27NO7S/c1-3-7-23-24(28-27(29)33-16-20-8-5-4-6-9-20)14-15-25-26(23)35-21(17-32-25)18-34-36(30,31)22-12-10-19(2)11-13-22/h3-15,21H,16-18H2,1-2H3,(H,28,29). The number of benzene rings is 3. The molecule has 0 radical (unpaired) electrons. The third kappa shape index (κ3) is 6.24. The molecule has 1 N–H and O–H groups in total. The van der Waals surface area contributed by atoms with Crippen LogP contribution in [0.5, 0.6) is 11.5 Å². The maximum absolute atomic E-state index is 12.5. The molecule has 0 bridgehead atoms. The van der Waals surface area contributed by atoms with Gasteiger partial charge in [-0.15, -0.1) is 0 Å². The summed E-state index contributed by atoms with van der Waals surface area (Å²) in [4.78, 5) is 12.5. The largest absolute Gasteiger partial charge is 0.486 e. The van der Waals surface area contributed by atoms with Gasteiger partial charge in [-0.3, -0.25) is 9.50 Å². The Bertz CT molecular complexity index is 1340. The Morgan fingerprint density at radius 2 is 1.83 bits per heavy atom. The van der Waals surface area contributed by atoms with Crippen molar-refractivity contribution in [2.45, 2.75) is 31.5 Å². The summed E-state index contributed by atoms with van der Waals surface area (Å²) in [7, 11) is -3.95. The normalized spacial score (nSPS) is 15.0. The first-order valence-electron chi connectivity index (χ1n) is 11.4. The van der Waals surface area contributed by atoms with Gasteiger partial charge in [0.05, 0.1) is 10.6 Å². The highest BCUT2D eigenvalue weighted by Gasteiger charge is 2.27. The molecule has 1 amide bonds. The molecule has 1 heterocycles. The summed E-state index contributed by atoms with van der Waals surface area (Å²) in [6.07, 6.45) is 2.26. The predicted octanol–water partition coefficient (Wildman–Crippen LogP) is 5.32. The van der Waals surface area contributed by atoms with Gasteiger partial charge < -0.3 is 14.2 Å². The highest BCUT2D eigenvalue weighted by Crippen LogP contribution is 2.40. The number of fused-ring (bicyclic) bond motifs is 1. The Morgan fingerprint density at radius 1 is 1.08 bits per heavy atom. The topological polar surface area (TPSA) is 100 Å². The van der Waals surface area contributed by atoms with Gasteiger partial charge in [-0.05, 0) is 43.7 Å². The molecule has 8 nitrogen and oxygen atoms in total. The molecule has 0 fully saturated rings. The molecule has 36 heavy (non-hydrogen) atoms. The van der Waals surface area contributed by atoms with Crippen molar-refractivity contribution in [1.29, 1.82) is 0 Å². The van der Waals surface area contributed by atoms with Gasteiger partial charge >= 0.3 is 6.09 Å². The lowest BCUT2D eigenvalue weighted by Crippen LogP contribution is -2.34. The van der Waals surface area contributed by atoms with E-state index in [0.717, 1.165) is 11.1 Å². The zero-order valence-corrected chi connectivity index (χ0v) is 20.8. The number of allylic oxidation sites excluding steroid dienone is 1. The molecule has 0 aliphatic carbocycles. The molecule has 3 aromatic rings. The fraction of sp³-hybridized carbons (Fsp3) is 0.222. The molecule has 1 aliphatic rings. The van der Waals surface area contributed by atoms with Gasteiger partial charge in [-0.25, -0.2) is 4.79 Å². The summed E-state index contributed by atoms with van der Waals surface area (Å²) in [5.74, 6) is 0.852. The van der Waals surface area contributed by atoms with E-state index in [1.807, 2.05) is 44.2 Å². The first-order chi connectivity index (χ1) is 17.4. The average molecular weight is 510 g/mol. The van der Waals surface area contributed by atoms with Crippen LogP contribution >= 0.6 is 0 Å². The Morgan fingerprint density at radius 3 is 2.56 bits per heavy atom. The molecule has 188 valence electrons. The van der Waals surface area contributed by atoms with Crippen LogP contribution in [0.3, 0.4) is 0 Å². The lowest BCUT2D eigenvalue weighted by atomic mass is 10.1. The van der Waals surface area contributed by atoms with Crippen LogP contribution in [0.2, 0.25) is 0 Å². The monoisotopic (exact) mass is 509 g/mol. The SMILES string of the molecule is CC=Cc1c(NC(=O)OCc2ccccc2)ccc2c1OC(COS(=O)(=O)c1ccc(C)cc1)CO2. The van der Waals surface area contributed by atoms with Crippen molar-refractivity contribution < 1.29 is 31.6 Å². The number of anilines is 1. The maximum Gasteiger partial charge on any atom is 0.411 e. The van der Waals surface area contributed by atoms with Gasteiger partial charge in [-0.2, -0.15) is 8.42 Å². The van der Waals surface area contributed by atoms with Crippen LogP contribution in [0.25, 0.3) is 6.08 Å². The summed E-state index contributed by atoms with van der Waals surface area (Å²) >= 11 is 0. The number of carbonyl (C=O) groups excluding carboxylic acids is 1. The van der Waals surface area contributed by atoms with Crippen molar-refractivity contribution in [2.24, 2.45) is 0 Å². The van der Waals surface area contributed by atoms with Gasteiger partial charge in [0, 0.05) is 5.56 Å². The number of rotatable bonds is 8. The Kier molecular flexibility index (Phi) is 7.92. The van der Waals surface area contributed by atoms with Crippen molar-refractivity contribution >= 4 is 28.0 Å². The quantitative estimate of drug-likeness (QED) is 0.410. The van der Waals surface area contributed by atoms with E-state index >= 15 is 0 Å². The first kappa shape index (κ1) is 25.3. The van der Waals surface area contributed by atoms with E-state index in [1.165, 1.54) is 12.1 Å². The van der Waals surface area contributed by atoms with Crippen LogP contribution < -0.4 is 14.8 Å². The first-order valence-corrected chi connectivity index (χ1v) is 12.8. The van der Waals surface area contributed by atoms with E-state index in [4.69, 9.17) is 18.4 Å². The molecular weight excluding hydrogens is 482 g/mol. The zero-order chi connectivity index (χ0) is 25.5. The van der Waals surface area contributed by atoms with E-state index in [0.29, 0.717) is 22.7 Å². The zero-order valence-electron chi connectivity index (χ0n) is 20.0. The number of aryl methyl sites for hydroxylation is 1. The fourth-order valence-corrected chi connectivity index (χ4v) is 4.47. The average Bonchev–Trinajstić information content (AvgIpc) is 2.88. The highest BCUT2D eigenvalue weighted by atomic mass is 32.2. The second-order valence-electron chi connectivity index (χ2n) is 8.14. The summed E-state index contributed by atoms with van der Waals surface area (Å²) < 4.78 is 47.5. The van der Waals surface area contributed by atoms with E-state index in [2.05, 4.69) is 5.32 Å². The molecule has 0 aromatic heterocycles. The van der Waals surface area contributed by atoms with E-state index in [1.54, 1.807) is 36.4 Å². The van der Waals surface area contributed by atoms with Gasteiger partial charge in [0.15, 0.2) is 17.6 Å². The Balaban J connectivity index is 1.45. The molecule has 1 atom stereocenters. The lowest BCUT2D eigenvalue weighted by molar-refractivity contribution is 0.0553. The molecule has 9 heteroatoms. The number of hydrogen-bond acceptors (Lipinski definition) is 7. The van der Waals surface area contributed by atoms with Gasteiger partial charge in [-0.1, -0.05) is 60.2 Å². The van der Waals surface area contributed by atoms with Gasteiger partial charge in [0.2, 0.25) is 0 Å². The molecule has 1 unspecified atom stereocenters. The number of nitrogens with one attached hydrogen (secondary N) is 1. The fourth-order valence-electron chi connectivity index (χ4n) is 3.53. The predicted molar refractivity (Wildman–Crippen MR) is 136 cm³/mol. The second kappa shape index (κ2) is 11.3. The lowest BCUT2D eigenvalue weighted by Gasteiger charge is -2.28. The van der Waals surface area contributed by atoms with E-state index < -0.39 is 22.3 Å². The van der Waals surface area contributed by atoms with Crippen molar-refractivity contribution in [3.8, 4) is 11.5 Å². The van der Waals surface area contributed by atoms with E-state index in [9.17, 15) is 13.2 Å². The second-order valence-corrected chi connectivity index (χ2v) is 9.76. The van der Waals surface area contributed by atoms with Crippen LogP contribution in [0.1, 0.15) is 23.6 Å². The molecule has 0 spiro atoms. The molecule has 4 rings (SSSR count). The minimum atomic E-state index is -3.95. The van der Waals surface area contributed by atoms with Crippen LogP contribution in [0.4, 0.5) is 10.5 Å². The summed E-state index contributed by atoms with van der Waals surface area (Å²) in [5.41, 5.74) is 2.84. The third-order valence-corrected chi connectivity index (χ3v) is 6.67. The minimum Gasteiger partial charge on any atom is -0.486 e. The van der Waals surface area contributed by atoms with Gasteiger partial charge in [0.1, 0.15) is 19.8 Å². The smallest absolute Gasteiger partial charge is 0.411 e. The number of ether oxygens (including phenoxy) is 3. The third-order valence-electron chi connectivity index (χ3n) is 5.37. The molecule has 1 aliphatic heterocycles. The van der Waals surface area contributed by atoms with Crippen LogP contribution in [0, 0.1) is 6.92 Å². The molecular formula is C27H27NO7S. The van der Waals surface area contributed by atoms with E-state index in [-0.39, 0.29) is 24.7 Å². The van der Waals surface area contributed by atoms with Crippen molar-refractivity contribution in [3.63, 3.8) is 0 Å². The van der Waals surface area contributed by atoms with Crippen LogP contribution in [-0.2, 0) is 25.6 Å². The number of carbonyl (C=O) groups is 1. The highest BCUT2D eigenvalue weighted by molar-refractivity contribution is 7.86. The van der Waals surface area contributed by atoms with Crippen LogP contribution in [-0.4, -0.2) is 33.8 Å². The molecule has 0 saturated carbocycles. The van der Waals surface area contributed by atoms with Crippen molar-refractivity contribution in [2.75, 3.05) is 18.5 Å². The summed E-state index contributed by atoms with van der Waals surface area (Å²) in [5, 5.41) is 2.74. The van der Waals surface area contributed by atoms with Crippen molar-refractivity contribution in [1.82, 2.24) is 0 Å². The number of hydrogen-bond donors (Lipinski definition) is 1. The Labute approximate surface area is 210 Å². The summed E-state index contributed by atoms with van der Waals surface area (Å²) in [6, 6.07) is 19.1. The van der Waals surface area contributed by atoms with Crippen LogP contribution in [0.15, 0.2) is 77.7 Å². The summed E-state index contributed by atoms with van der Waals surface area (Å²) in [6.45, 7) is 3.70. The van der Waals surface area contributed by atoms with Crippen molar-refractivity contribution in [3.05, 3.63) is 89.5 Å².